The molecule has 6 heteroatoms. The number of hydrogen-bond acceptors (Lipinski definition) is 2. The third-order valence-corrected chi connectivity index (χ3v) is 2.50. The number of hydrogen-bond donors (Lipinski definition) is 1. The summed E-state index contributed by atoms with van der Waals surface area (Å²) in [6.45, 7) is 0. The molecule has 1 rings (SSSR count). The summed E-state index contributed by atoms with van der Waals surface area (Å²) in [6.07, 6.45) is -2.69. The van der Waals surface area contributed by atoms with Crippen molar-refractivity contribution in [2.45, 2.75) is 25.4 Å². The van der Waals surface area contributed by atoms with Crippen molar-refractivity contribution in [3.8, 4) is 0 Å². The van der Waals surface area contributed by atoms with Crippen LogP contribution in [0.2, 0.25) is 0 Å². The molecule has 0 spiro atoms. The van der Waals surface area contributed by atoms with Crippen LogP contribution in [0.5, 0.6) is 0 Å². The second kappa shape index (κ2) is 5.91. The zero-order valence-corrected chi connectivity index (χ0v) is 9.59. The van der Waals surface area contributed by atoms with Crippen molar-refractivity contribution in [1.82, 2.24) is 0 Å². The molecule has 0 aromatic heterocycles. The van der Waals surface area contributed by atoms with Crippen LogP contribution >= 0.6 is 11.6 Å². The Morgan fingerprint density at radius 3 is 2.29 bits per heavy atom. The van der Waals surface area contributed by atoms with Crippen LogP contribution in [0.4, 0.5) is 13.2 Å². The number of halogens is 4. The number of aryl methyl sites for hydroxylation is 1. The fourth-order valence-corrected chi connectivity index (χ4v) is 1.48. The predicted molar refractivity (Wildman–Crippen MR) is 59.5 cm³/mol. The Morgan fingerprint density at radius 1 is 1.24 bits per heavy atom. The summed E-state index contributed by atoms with van der Waals surface area (Å²) in [7, 11) is 0. The van der Waals surface area contributed by atoms with Crippen molar-refractivity contribution in [3.05, 3.63) is 35.4 Å². The number of alkyl halides is 3. The highest BCUT2D eigenvalue weighted by molar-refractivity contribution is 6.65. The number of oxime groups is 1. The highest BCUT2D eigenvalue weighted by Gasteiger charge is 2.29. The van der Waals surface area contributed by atoms with Crippen LogP contribution in [-0.2, 0) is 12.6 Å². The monoisotopic (exact) mass is 265 g/mol. The lowest BCUT2D eigenvalue weighted by atomic mass is 10.1. The van der Waals surface area contributed by atoms with Gasteiger partial charge in [-0.3, -0.25) is 0 Å². The van der Waals surface area contributed by atoms with Gasteiger partial charge < -0.3 is 5.21 Å². The van der Waals surface area contributed by atoms with E-state index in [4.69, 9.17) is 16.8 Å². The van der Waals surface area contributed by atoms with Crippen LogP contribution in [0, 0.1) is 0 Å². The van der Waals surface area contributed by atoms with Gasteiger partial charge in [0.2, 0.25) is 0 Å². The third kappa shape index (κ3) is 4.65. The normalized spacial score (nSPS) is 12.8. The van der Waals surface area contributed by atoms with Gasteiger partial charge in [0.1, 0.15) is 5.17 Å². The Bertz CT molecular complexity index is 387. The molecule has 1 aromatic carbocycles. The number of nitrogens with zero attached hydrogens (tertiary/aromatic N) is 1. The van der Waals surface area contributed by atoms with E-state index in [1.807, 2.05) is 0 Å². The largest absolute Gasteiger partial charge is 0.416 e. The summed E-state index contributed by atoms with van der Waals surface area (Å²) in [6, 6.07) is 4.98. The summed E-state index contributed by atoms with van der Waals surface area (Å²) in [5, 5.41) is 11.2. The Labute approximate surface area is 102 Å². The minimum atomic E-state index is -4.30. The first-order valence-corrected chi connectivity index (χ1v) is 5.34. The van der Waals surface area contributed by atoms with Crippen LogP contribution in [-0.4, -0.2) is 10.4 Å². The first-order valence-electron chi connectivity index (χ1n) is 4.96. The van der Waals surface area contributed by atoms with Gasteiger partial charge in [-0.2, -0.15) is 13.2 Å². The van der Waals surface area contributed by atoms with E-state index in [1.165, 1.54) is 12.1 Å². The quantitative estimate of drug-likeness (QED) is 0.497. The Balaban J connectivity index is 2.52. The standard InChI is InChI=1S/C11H11ClF3NO/c12-10(16-17)3-1-2-8-4-6-9(7-5-8)11(13,14)15/h4-7,17H,1-3H2. The third-order valence-electron chi connectivity index (χ3n) is 2.24. The Hall–Kier alpha value is -1.23. The van der Waals surface area contributed by atoms with E-state index < -0.39 is 11.7 Å². The van der Waals surface area contributed by atoms with Crippen molar-refractivity contribution < 1.29 is 18.4 Å². The van der Waals surface area contributed by atoms with Gasteiger partial charge in [0.25, 0.3) is 0 Å². The lowest BCUT2D eigenvalue weighted by Gasteiger charge is -2.07. The average molecular weight is 266 g/mol. The van der Waals surface area contributed by atoms with E-state index >= 15 is 0 Å². The first-order chi connectivity index (χ1) is 7.93. The van der Waals surface area contributed by atoms with Crippen LogP contribution in [0.25, 0.3) is 0 Å². The van der Waals surface area contributed by atoms with Crippen LogP contribution in [0.3, 0.4) is 0 Å². The first kappa shape index (κ1) is 13.8. The second-order valence-electron chi connectivity index (χ2n) is 3.52. The van der Waals surface area contributed by atoms with E-state index in [1.54, 1.807) is 0 Å². The smallest absolute Gasteiger partial charge is 0.410 e. The summed E-state index contributed by atoms with van der Waals surface area (Å²) >= 11 is 5.47. The van der Waals surface area contributed by atoms with Crippen molar-refractivity contribution in [1.29, 1.82) is 0 Å². The second-order valence-corrected chi connectivity index (χ2v) is 3.96. The molecule has 1 aromatic rings. The van der Waals surface area contributed by atoms with Gasteiger partial charge in [-0.25, -0.2) is 0 Å². The molecule has 1 N–H and O–H groups in total. The van der Waals surface area contributed by atoms with E-state index in [0.29, 0.717) is 19.3 Å². The van der Waals surface area contributed by atoms with Crippen molar-refractivity contribution in [2.75, 3.05) is 0 Å². The van der Waals surface area contributed by atoms with Gasteiger partial charge in [-0.15, -0.1) is 0 Å². The summed E-state index contributed by atoms with van der Waals surface area (Å²) in [5.74, 6) is 0. The molecule has 0 atom stereocenters. The molecular formula is C11H11ClF3NO. The number of benzene rings is 1. The highest BCUT2D eigenvalue weighted by Crippen LogP contribution is 2.29. The van der Waals surface area contributed by atoms with E-state index in [2.05, 4.69) is 5.16 Å². The SMILES string of the molecule is ON=C(Cl)CCCc1ccc(C(F)(F)F)cc1. The maximum atomic E-state index is 12.3. The van der Waals surface area contributed by atoms with Crippen LogP contribution in [0.15, 0.2) is 29.4 Å². The zero-order valence-electron chi connectivity index (χ0n) is 8.84. The molecule has 0 fully saturated rings. The molecule has 94 valence electrons. The molecule has 0 aliphatic carbocycles. The zero-order chi connectivity index (χ0) is 12.9. The maximum Gasteiger partial charge on any atom is 0.416 e. The molecule has 0 saturated heterocycles. The van der Waals surface area contributed by atoms with E-state index in [0.717, 1.165) is 17.7 Å². The average Bonchev–Trinajstić information content (AvgIpc) is 2.28. The minimum absolute atomic E-state index is 0.0944. The van der Waals surface area contributed by atoms with Gasteiger partial charge in [0.05, 0.1) is 5.56 Å². The van der Waals surface area contributed by atoms with Crippen LogP contribution in [0.1, 0.15) is 24.0 Å². The molecule has 0 aliphatic rings. The molecule has 2 nitrogen and oxygen atoms in total. The van der Waals surface area contributed by atoms with Crippen molar-refractivity contribution >= 4 is 16.8 Å². The Morgan fingerprint density at radius 2 is 1.82 bits per heavy atom. The van der Waals surface area contributed by atoms with Crippen LogP contribution < -0.4 is 0 Å². The minimum Gasteiger partial charge on any atom is -0.410 e. The van der Waals surface area contributed by atoms with Gasteiger partial charge in [0.15, 0.2) is 0 Å². The Kier molecular flexibility index (Phi) is 4.81. The molecule has 0 radical (unpaired) electrons. The fourth-order valence-electron chi connectivity index (χ4n) is 1.35. The number of rotatable bonds is 4. The molecule has 0 amide bonds. The van der Waals surface area contributed by atoms with Crippen molar-refractivity contribution in [2.24, 2.45) is 5.16 Å². The lowest BCUT2D eigenvalue weighted by Crippen LogP contribution is -2.04. The maximum absolute atomic E-state index is 12.3. The molecule has 17 heavy (non-hydrogen) atoms. The molecule has 0 saturated carbocycles. The molecule has 0 bridgehead atoms. The summed E-state index contributed by atoms with van der Waals surface area (Å²) in [5.41, 5.74) is 0.136. The van der Waals surface area contributed by atoms with E-state index in [9.17, 15) is 13.2 Å². The molecular weight excluding hydrogens is 255 g/mol. The summed E-state index contributed by atoms with van der Waals surface area (Å²) < 4.78 is 36.8. The lowest BCUT2D eigenvalue weighted by molar-refractivity contribution is -0.137. The molecule has 0 heterocycles. The molecule has 0 aliphatic heterocycles. The van der Waals surface area contributed by atoms with E-state index in [-0.39, 0.29) is 5.17 Å². The predicted octanol–water partition coefficient (Wildman–Crippen LogP) is 4.05. The fraction of sp³-hybridized carbons (Fsp3) is 0.364. The van der Waals surface area contributed by atoms with Gasteiger partial charge >= 0.3 is 6.18 Å². The van der Waals surface area contributed by atoms with Gasteiger partial charge in [0, 0.05) is 6.42 Å². The topological polar surface area (TPSA) is 32.6 Å². The molecule has 0 unspecified atom stereocenters. The van der Waals surface area contributed by atoms with Gasteiger partial charge in [-0.05, 0) is 30.5 Å². The van der Waals surface area contributed by atoms with Gasteiger partial charge in [-0.1, -0.05) is 28.9 Å². The summed E-state index contributed by atoms with van der Waals surface area (Å²) in [4.78, 5) is 0. The highest BCUT2D eigenvalue weighted by atomic mass is 35.5. The van der Waals surface area contributed by atoms with Crippen molar-refractivity contribution in [3.63, 3.8) is 0 Å².